The molecule has 21 heavy (non-hydrogen) atoms. The van der Waals surface area contributed by atoms with Crippen molar-refractivity contribution >= 4 is 0 Å². The van der Waals surface area contributed by atoms with Gasteiger partial charge in [-0.2, -0.15) is 0 Å². The molecule has 122 valence electrons. The lowest BCUT2D eigenvalue weighted by atomic mass is 9.59. The summed E-state index contributed by atoms with van der Waals surface area (Å²) in [4.78, 5) is 0. The molecule has 3 aliphatic rings. The molecule has 1 saturated carbocycles. The third-order valence-electron chi connectivity index (χ3n) is 6.34. The van der Waals surface area contributed by atoms with Gasteiger partial charge in [-0.05, 0) is 57.8 Å². The van der Waals surface area contributed by atoms with Gasteiger partial charge in [-0.1, -0.05) is 20.3 Å². The van der Waals surface area contributed by atoms with Gasteiger partial charge in [0.05, 0.1) is 6.10 Å². The molecule has 0 spiro atoms. The zero-order valence-electron chi connectivity index (χ0n) is 14.3. The van der Waals surface area contributed by atoms with Crippen LogP contribution in [-0.4, -0.2) is 24.8 Å². The van der Waals surface area contributed by atoms with Crippen molar-refractivity contribution in [2.45, 2.75) is 78.5 Å². The maximum absolute atomic E-state index is 6.42. The molecule has 0 bridgehead atoms. The van der Waals surface area contributed by atoms with Gasteiger partial charge in [-0.3, -0.25) is 0 Å². The van der Waals surface area contributed by atoms with Gasteiger partial charge < -0.3 is 14.2 Å². The summed E-state index contributed by atoms with van der Waals surface area (Å²) in [7, 11) is 0. The summed E-state index contributed by atoms with van der Waals surface area (Å²) in [6.45, 7) is 11.9. The van der Waals surface area contributed by atoms with Crippen LogP contribution in [0.4, 0.5) is 0 Å². The van der Waals surface area contributed by atoms with Gasteiger partial charge in [-0.15, -0.1) is 0 Å². The second-order valence-corrected chi connectivity index (χ2v) is 7.73. The summed E-state index contributed by atoms with van der Waals surface area (Å²) >= 11 is 0. The fourth-order valence-corrected chi connectivity index (χ4v) is 5.31. The van der Waals surface area contributed by atoms with E-state index in [1.807, 2.05) is 6.92 Å². The van der Waals surface area contributed by atoms with Crippen LogP contribution < -0.4 is 0 Å². The molecule has 0 aromatic carbocycles. The van der Waals surface area contributed by atoms with Gasteiger partial charge >= 0.3 is 0 Å². The van der Waals surface area contributed by atoms with Gasteiger partial charge in [0.2, 0.25) is 0 Å². The minimum absolute atomic E-state index is 0.111. The van der Waals surface area contributed by atoms with Gasteiger partial charge in [0.15, 0.2) is 12.1 Å². The van der Waals surface area contributed by atoms with Crippen molar-refractivity contribution in [3.8, 4) is 0 Å². The van der Waals surface area contributed by atoms with E-state index in [0.717, 1.165) is 18.3 Å². The van der Waals surface area contributed by atoms with Crippen molar-refractivity contribution in [1.29, 1.82) is 0 Å². The van der Waals surface area contributed by atoms with Crippen molar-refractivity contribution in [3.05, 3.63) is 0 Å². The summed E-state index contributed by atoms with van der Waals surface area (Å²) in [6.07, 6.45) is 5.26. The first-order valence-corrected chi connectivity index (χ1v) is 8.93. The Morgan fingerprint density at radius 3 is 2.43 bits per heavy atom. The van der Waals surface area contributed by atoms with Crippen LogP contribution in [0.25, 0.3) is 0 Å². The highest BCUT2D eigenvalue weighted by atomic mass is 16.8. The largest absolute Gasteiger partial charge is 0.353 e. The van der Waals surface area contributed by atoms with Crippen LogP contribution in [0.1, 0.15) is 60.3 Å². The highest BCUT2D eigenvalue weighted by Crippen LogP contribution is 2.56. The molecule has 2 saturated heterocycles. The fraction of sp³-hybridized carbons (Fsp3) is 1.00. The number of ether oxygens (including phenoxy) is 3. The van der Waals surface area contributed by atoms with E-state index in [4.69, 9.17) is 14.2 Å². The average molecular weight is 296 g/mol. The SMILES string of the molecule is CCOC1O[C@]2(C)O[C@@H](C)CC[C@@H]3C2[C@@H](CC[C@H]3C)[C@H]1C. The molecule has 3 rings (SSSR count). The molecule has 2 heterocycles. The van der Waals surface area contributed by atoms with Crippen LogP contribution in [0.5, 0.6) is 0 Å². The van der Waals surface area contributed by atoms with Gasteiger partial charge in [0.1, 0.15) is 0 Å². The Balaban J connectivity index is 1.94. The van der Waals surface area contributed by atoms with Crippen LogP contribution in [0.15, 0.2) is 0 Å². The molecule has 3 fully saturated rings. The van der Waals surface area contributed by atoms with E-state index < -0.39 is 5.79 Å². The first kappa shape index (κ1) is 15.8. The Morgan fingerprint density at radius 1 is 1.00 bits per heavy atom. The minimum atomic E-state index is -0.466. The molecule has 0 radical (unpaired) electrons. The average Bonchev–Trinajstić information content (AvgIpc) is 2.55. The number of hydrogen-bond donors (Lipinski definition) is 0. The maximum Gasteiger partial charge on any atom is 0.172 e. The summed E-state index contributed by atoms with van der Waals surface area (Å²) in [5, 5.41) is 0. The highest BCUT2D eigenvalue weighted by Gasteiger charge is 2.58. The molecule has 8 atom stereocenters. The molecule has 3 nitrogen and oxygen atoms in total. The summed E-state index contributed by atoms with van der Waals surface area (Å²) in [5.41, 5.74) is 0. The minimum Gasteiger partial charge on any atom is -0.353 e. The van der Waals surface area contributed by atoms with Crippen LogP contribution in [0.2, 0.25) is 0 Å². The standard InChI is InChI=1S/C18H32O3/c1-6-19-17-13(4)15-9-7-11(2)14-10-8-12(3)20-18(5,21-17)16(14)15/h11-17H,6-10H2,1-5H3/t11-,12+,13-,14+,15+,16?,17?,18+/m1/s1. The molecule has 1 aliphatic carbocycles. The lowest BCUT2D eigenvalue weighted by molar-refractivity contribution is -0.386. The van der Waals surface area contributed by atoms with Crippen molar-refractivity contribution in [3.63, 3.8) is 0 Å². The van der Waals surface area contributed by atoms with Crippen molar-refractivity contribution in [2.24, 2.45) is 29.6 Å². The molecular weight excluding hydrogens is 264 g/mol. The van der Waals surface area contributed by atoms with E-state index in [-0.39, 0.29) is 12.4 Å². The molecule has 0 aromatic rings. The Morgan fingerprint density at radius 2 is 1.71 bits per heavy atom. The topological polar surface area (TPSA) is 27.7 Å². The zero-order chi connectivity index (χ0) is 15.2. The zero-order valence-corrected chi connectivity index (χ0v) is 14.3. The third kappa shape index (κ3) is 2.66. The van der Waals surface area contributed by atoms with Crippen LogP contribution >= 0.6 is 0 Å². The summed E-state index contributed by atoms with van der Waals surface area (Å²) < 4.78 is 18.7. The van der Waals surface area contributed by atoms with E-state index in [0.29, 0.717) is 24.4 Å². The Labute approximate surface area is 129 Å². The monoisotopic (exact) mass is 296 g/mol. The smallest absolute Gasteiger partial charge is 0.172 e. The Bertz CT molecular complexity index is 371. The molecular formula is C18H32O3. The lowest BCUT2D eigenvalue weighted by Crippen LogP contribution is -2.60. The summed E-state index contributed by atoms with van der Waals surface area (Å²) in [6, 6.07) is 0. The van der Waals surface area contributed by atoms with E-state index in [1.54, 1.807) is 0 Å². The predicted molar refractivity (Wildman–Crippen MR) is 82.7 cm³/mol. The number of hydrogen-bond acceptors (Lipinski definition) is 3. The van der Waals surface area contributed by atoms with E-state index in [2.05, 4.69) is 27.7 Å². The van der Waals surface area contributed by atoms with E-state index in [1.165, 1.54) is 19.3 Å². The Hall–Kier alpha value is -0.120. The fourth-order valence-electron chi connectivity index (χ4n) is 5.31. The second kappa shape index (κ2) is 5.82. The second-order valence-electron chi connectivity index (χ2n) is 7.73. The normalized spacial score (nSPS) is 53.9. The lowest BCUT2D eigenvalue weighted by Gasteiger charge is -2.56. The van der Waals surface area contributed by atoms with Crippen molar-refractivity contribution in [2.75, 3.05) is 6.61 Å². The van der Waals surface area contributed by atoms with E-state index >= 15 is 0 Å². The van der Waals surface area contributed by atoms with Gasteiger partial charge in [-0.25, -0.2) is 0 Å². The molecule has 0 N–H and O–H groups in total. The maximum atomic E-state index is 6.42. The highest BCUT2D eigenvalue weighted by molar-refractivity contribution is 4.99. The molecule has 2 unspecified atom stereocenters. The first-order chi connectivity index (χ1) is 9.96. The van der Waals surface area contributed by atoms with Crippen LogP contribution in [0.3, 0.4) is 0 Å². The van der Waals surface area contributed by atoms with Crippen molar-refractivity contribution < 1.29 is 14.2 Å². The third-order valence-corrected chi connectivity index (χ3v) is 6.34. The van der Waals surface area contributed by atoms with Gasteiger partial charge in [0, 0.05) is 18.4 Å². The Kier molecular flexibility index (Phi) is 4.37. The quantitative estimate of drug-likeness (QED) is 0.764. The molecule has 0 aromatic heterocycles. The molecule has 3 heteroatoms. The molecule has 2 aliphatic heterocycles. The van der Waals surface area contributed by atoms with Crippen LogP contribution in [-0.2, 0) is 14.2 Å². The number of rotatable bonds is 2. The van der Waals surface area contributed by atoms with Gasteiger partial charge in [0.25, 0.3) is 0 Å². The van der Waals surface area contributed by atoms with Crippen LogP contribution in [0, 0.1) is 29.6 Å². The first-order valence-electron chi connectivity index (χ1n) is 8.93. The predicted octanol–water partition coefficient (Wildman–Crippen LogP) is 4.21. The van der Waals surface area contributed by atoms with E-state index in [9.17, 15) is 0 Å². The summed E-state index contributed by atoms with van der Waals surface area (Å²) in [5.74, 6) is 2.73. The van der Waals surface area contributed by atoms with Crippen molar-refractivity contribution in [1.82, 2.24) is 0 Å². The molecule has 0 amide bonds.